The van der Waals surface area contributed by atoms with E-state index in [4.69, 9.17) is 4.52 Å². The van der Waals surface area contributed by atoms with Crippen LogP contribution >= 0.6 is 11.8 Å². The van der Waals surface area contributed by atoms with E-state index in [0.717, 1.165) is 22.7 Å². The van der Waals surface area contributed by atoms with Crippen molar-refractivity contribution in [2.75, 3.05) is 15.8 Å². The van der Waals surface area contributed by atoms with Gasteiger partial charge in [0, 0.05) is 22.7 Å². The highest BCUT2D eigenvalue weighted by molar-refractivity contribution is 7.99. The van der Waals surface area contributed by atoms with Crippen molar-refractivity contribution < 1.29 is 17.7 Å². The molecule has 5 rings (SSSR count). The Morgan fingerprint density at radius 3 is 2.68 bits per heavy atom. The van der Waals surface area contributed by atoms with Crippen LogP contribution in [0, 0.1) is 6.92 Å². The summed E-state index contributed by atoms with van der Waals surface area (Å²) in [6, 6.07) is 14.9. The van der Waals surface area contributed by atoms with Gasteiger partial charge in [-0.3, -0.25) is 9.52 Å². The van der Waals surface area contributed by atoms with Crippen LogP contribution in [0.4, 0.5) is 11.5 Å². The quantitative estimate of drug-likeness (QED) is 0.288. The van der Waals surface area contributed by atoms with Gasteiger partial charge < -0.3 is 14.8 Å². The Morgan fingerprint density at radius 2 is 1.91 bits per heavy atom. The maximum atomic E-state index is 12.4. The molecule has 1 amide bonds. The molecule has 0 unspecified atom stereocenters. The molecule has 0 aliphatic rings. The van der Waals surface area contributed by atoms with Crippen LogP contribution in [-0.4, -0.2) is 45.4 Å². The van der Waals surface area contributed by atoms with E-state index in [1.807, 2.05) is 24.3 Å². The van der Waals surface area contributed by atoms with Crippen molar-refractivity contribution in [1.82, 2.24) is 25.3 Å². The zero-order valence-electron chi connectivity index (χ0n) is 17.6. The van der Waals surface area contributed by atoms with Crippen LogP contribution in [0.2, 0.25) is 0 Å². The van der Waals surface area contributed by atoms with Gasteiger partial charge in [-0.15, -0.1) is 10.2 Å². The molecule has 0 aliphatic carbocycles. The minimum absolute atomic E-state index is 0.0200. The fraction of sp³-hybridized carbons (Fsp3) is 0.0952. The number of amides is 1. The van der Waals surface area contributed by atoms with Crippen LogP contribution < -0.4 is 10.0 Å². The third-order valence-electron chi connectivity index (χ3n) is 4.75. The van der Waals surface area contributed by atoms with Gasteiger partial charge in [0.05, 0.1) is 10.6 Å². The molecule has 11 nitrogen and oxygen atoms in total. The summed E-state index contributed by atoms with van der Waals surface area (Å²) in [5.74, 6) is 0.336. The molecule has 2 aromatic carbocycles. The number of aromatic amines is 1. The summed E-state index contributed by atoms with van der Waals surface area (Å²) in [5.41, 5.74) is 2.64. The van der Waals surface area contributed by atoms with Gasteiger partial charge in [0.15, 0.2) is 11.5 Å². The van der Waals surface area contributed by atoms with E-state index >= 15 is 0 Å². The third-order valence-corrected chi connectivity index (χ3v) is 6.96. The number of carbonyl (C=O) groups excluding carboxylic acids is 1. The zero-order valence-corrected chi connectivity index (χ0v) is 19.3. The van der Waals surface area contributed by atoms with Crippen molar-refractivity contribution in [3.05, 3.63) is 60.4 Å². The summed E-state index contributed by atoms with van der Waals surface area (Å²) in [5, 5.41) is 16.0. The molecule has 0 bridgehead atoms. The van der Waals surface area contributed by atoms with Crippen molar-refractivity contribution in [1.29, 1.82) is 0 Å². The lowest BCUT2D eigenvalue weighted by Gasteiger charge is -2.07. The van der Waals surface area contributed by atoms with Crippen molar-refractivity contribution in [2.45, 2.75) is 17.0 Å². The van der Waals surface area contributed by atoms with Gasteiger partial charge in [-0.2, -0.15) is 0 Å². The second-order valence-corrected chi connectivity index (χ2v) is 9.88. The van der Waals surface area contributed by atoms with E-state index in [-0.39, 0.29) is 22.4 Å². The van der Waals surface area contributed by atoms with Crippen LogP contribution in [0.25, 0.3) is 22.1 Å². The van der Waals surface area contributed by atoms with Crippen LogP contribution in [0.1, 0.15) is 5.76 Å². The van der Waals surface area contributed by atoms with E-state index in [2.05, 4.69) is 35.4 Å². The molecular formula is C21H17N7O4S2. The molecule has 13 heteroatoms. The second-order valence-electron chi connectivity index (χ2n) is 7.25. The predicted octanol–water partition coefficient (Wildman–Crippen LogP) is 3.33. The van der Waals surface area contributed by atoms with Crippen LogP contribution in [0.15, 0.2) is 69.2 Å². The van der Waals surface area contributed by atoms with Gasteiger partial charge in [-0.1, -0.05) is 35.1 Å². The normalized spacial score (nSPS) is 11.7. The molecule has 3 N–H and O–H groups in total. The first kappa shape index (κ1) is 21.9. The number of fused-ring (bicyclic) bond motifs is 3. The number of benzene rings is 2. The molecule has 0 radical (unpaired) electrons. The van der Waals surface area contributed by atoms with E-state index < -0.39 is 10.0 Å². The van der Waals surface area contributed by atoms with E-state index in [0.29, 0.717) is 27.8 Å². The Bertz CT molecular complexity index is 1610. The average Bonchev–Trinajstić information content (AvgIpc) is 3.40. The Labute approximate surface area is 197 Å². The lowest BCUT2D eigenvalue weighted by atomic mass is 10.2. The molecule has 5 aromatic rings. The summed E-state index contributed by atoms with van der Waals surface area (Å²) < 4.78 is 32.1. The molecular weight excluding hydrogens is 478 g/mol. The summed E-state index contributed by atoms with van der Waals surface area (Å²) in [6.07, 6.45) is 0. The van der Waals surface area contributed by atoms with Crippen LogP contribution in [-0.2, 0) is 14.8 Å². The largest absolute Gasteiger partial charge is 0.360 e. The number of H-pyrrole nitrogens is 1. The number of nitrogens with zero attached hydrogens (tertiary/aromatic N) is 4. The van der Waals surface area contributed by atoms with Gasteiger partial charge in [0.1, 0.15) is 11.3 Å². The molecule has 0 saturated heterocycles. The maximum absolute atomic E-state index is 12.4. The molecule has 0 spiro atoms. The molecule has 0 aliphatic heterocycles. The number of aromatic nitrogens is 5. The summed E-state index contributed by atoms with van der Waals surface area (Å²) in [4.78, 5) is 20.0. The Kier molecular flexibility index (Phi) is 5.63. The maximum Gasteiger partial charge on any atom is 0.263 e. The highest BCUT2D eigenvalue weighted by Crippen LogP contribution is 2.23. The van der Waals surface area contributed by atoms with Crippen molar-refractivity contribution in [3.63, 3.8) is 0 Å². The first-order chi connectivity index (χ1) is 16.4. The zero-order chi connectivity index (χ0) is 23.7. The number of thioether (sulfide) groups is 1. The summed E-state index contributed by atoms with van der Waals surface area (Å²) in [6.45, 7) is 1.66. The molecule has 3 heterocycles. The molecule has 3 aromatic heterocycles. The third kappa shape index (κ3) is 4.56. The number of carbonyl (C=O) groups is 1. The fourth-order valence-corrected chi connectivity index (χ4v) is 4.79. The average molecular weight is 496 g/mol. The number of sulfonamides is 1. The number of hydrogen-bond donors (Lipinski definition) is 3. The first-order valence-corrected chi connectivity index (χ1v) is 12.4. The summed E-state index contributed by atoms with van der Waals surface area (Å²) >= 11 is 1.14. The number of hydrogen-bond acceptors (Lipinski definition) is 9. The van der Waals surface area contributed by atoms with Crippen molar-refractivity contribution >= 4 is 61.3 Å². The standard InChI is InChI=1S/C21H17N7O4S2/c1-12-10-17(27-32-12)28-34(30,31)14-8-6-13(7-9-14)22-18(29)11-33-21-24-20-19(25-26-21)15-4-2-3-5-16(15)23-20/h2-10H,11H2,1H3,(H,22,29)(H,27,28)(H,23,24,26). The number of aryl methyl sites for hydroxylation is 1. The SMILES string of the molecule is Cc1cc(NS(=O)(=O)c2ccc(NC(=O)CSc3nnc4c(n3)[nH]c3ccccc34)cc2)no1. The molecule has 0 atom stereocenters. The molecule has 34 heavy (non-hydrogen) atoms. The number of para-hydroxylation sites is 1. The first-order valence-electron chi connectivity index (χ1n) is 9.97. The highest BCUT2D eigenvalue weighted by Gasteiger charge is 2.17. The molecule has 172 valence electrons. The fourth-order valence-electron chi connectivity index (χ4n) is 3.22. The van der Waals surface area contributed by atoms with Gasteiger partial charge >= 0.3 is 0 Å². The Hall–Kier alpha value is -3.97. The van der Waals surface area contributed by atoms with Crippen molar-refractivity contribution in [3.8, 4) is 0 Å². The topological polar surface area (TPSA) is 156 Å². The van der Waals surface area contributed by atoms with Crippen LogP contribution in [0.3, 0.4) is 0 Å². The van der Waals surface area contributed by atoms with Crippen molar-refractivity contribution in [2.24, 2.45) is 0 Å². The number of anilines is 2. The minimum atomic E-state index is -3.84. The monoisotopic (exact) mass is 495 g/mol. The van der Waals surface area contributed by atoms with Gasteiger partial charge in [-0.25, -0.2) is 13.4 Å². The summed E-state index contributed by atoms with van der Waals surface area (Å²) in [7, 11) is -3.84. The Balaban J connectivity index is 1.20. The van der Waals surface area contributed by atoms with E-state index in [1.54, 1.807) is 6.92 Å². The van der Waals surface area contributed by atoms with Crippen LogP contribution in [0.5, 0.6) is 0 Å². The van der Waals surface area contributed by atoms with Gasteiger partial charge in [-0.05, 0) is 37.3 Å². The smallest absolute Gasteiger partial charge is 0.263 e. The van der Waals surface area contributed by atoms with E-state index in [9.17, 15) is 13.2 Å². The minimum Gasteiger partial charge on any atom is -0.360 e. The Morgan fingerprint density at radius 1 is 1.12 bits per heavy atom. The van der Waals surface area contributed by atoms with Gasteiger partial charge in [0.2, 0.25) is 11.1 Å². The van der Waals surface area contributed by atoms with E-state index in [1.165, 1.54) is 30.3 Å². The van der Waals surface area contributed by atoms with Gasteiger partial charge in [0.25, 0.3) is 10.0 Å². The molecule has 0 fully saturated rings. The number of rotatable bonds is 7. The predicted molar refractivity (Wildman–Crippen MR) is 127 cm³/mol. The lowest BCUT2D eigenvalue weighted by Crippen LogP contribution is -2.15. The molecule has 0 saturated carbocycles. The second kappa shape index (κ2) is 8.76. The highest BCUT2D eigenvalue weighted by atomic mass is 32.2. The lowest BCUT2D eigenvalue weighted by molar-refractivity contribution is -0.113. The number of nitrogens with one attached hydrogen (secondary N) is 3.